The highest BCUT2D eigenvalue weighted by molar-refractivity contribution is 8.19. The van der Waals surface area contributed by atoms with Gasteiger partial charge in [0, 0.05) is 0 Å². The molecule has 0 spiro atoms. The van der Waals surface area contributed by atoms with Gasteiger partial charge in [-0.2, -0.15) is 0 Å². The molecule has 0 bridgehead atoms. The number of thioether (sulfide) groups is 1. The Morgan fingerprint density at radius 3 is 2.33 bits per heavy atom. The Balaban J connectivity index is 1.76. The van der Waals surface area contributed by atoms with E-state index in [9.17, 15) is 9.59 Å². The van der Waals surface area contributed by atoms with Crippen LogP contribution in [0.3, 0.4) is 0 Å². The van der Waals surface area contributed by atoms with Crippen molar-refractivity contribution in [1.29, 1.82) is 0 Å². The van der Waals surface area contributed by atoms with Crippen LogP contribution in [0.25, 0.3) is 6.08 Å². The third-order valence-electron chi connectivity index (χ3n) is 4.30. The quantitative estimate of drug-likeness (QED) is 0.580. The Kier molecular flexibility index (Phi) is 6.35. The van der Waals surface area contributed by atoms with E-state index in [0.717, 1.165) is 42.3 Å². The highest BCUT2D eigenvalue weighted by atomic mass is 32.2. The minimum atomic E-state index is -0.278. The van der Waals surface area contributed by atoms with E-state index in [0.29, 0.717) is 17.2 Å². The molecular formula is C22H23NO3S. The number of unbranched alkanes of at least 4 members (excludes halogenated alkanes) is 1. The zero-order valence-corrected chi connectivity index (χ0v) is 16.4. The van der Waals surface area contributed by atoms with Crippen molar-refractivity contribution in [3.8, 4) is 5.75 Å². The lowest BCUT2D eigenvalue weighted by Crippen LogP contribution is -2.27. The van der Waals surface area contributed by atoms with E-state index in [2.05, 4.69) is 6.92 Å². The molecule has 1 heterocycles. The van der Waals surface area contributed by atoms with Gasteiger partial charge in [-0.25, -0.2) is 4.90 Å². The third kappa shape index (κ3) is 4.61. The van der Waals surface area contributed by atoms with Crippen molar-refractivity contribution < 1.29 is 14.3 Å². The van der Waals surface area contributed by atoms with E-state index in [-0.39, 0.29) is 11.1 Å². The molecule has 140 valence electrons. The molecule has 1 fully saturated rings. The number of benzene rings is 2. The minimum Gasteiger partial charge on any atom is -0.494 e. The number of anilines is 1. The molecule has 1 saturated heterocycles. The lowest BCUT2D eigenvalue weighted by molar-refractivity contribution is -0.113. The number of rotatable bonds is 7. The molecule has 0 N–H and O–H groups in total. The molecule has 1 aliphatic heterocycles. The van der Waals surface area contributed by atoms with Gasteiger partial charge >= 0.3 is 0 Å². The van der Waals surface area contributed by atoms with Crippen LogP contribution in [-0.4, -0.2) is 17.8 Å². The molecular weight excluding hydrogens is 358 g/mol. The van der Waals surface area contributed by atoms with E-state index in [4.69, 9.17) is 4.74 Å². The van der Waals surface area contributed by atoms with Crippen molar-refractivity contribution in [2.45, 2.75) is 33.1 Å². The number of carbonyl (C=O) groups excluding carboxylic acids is 2. The summed E-state index contributed by atoms with van der Waals surface area (Å²) >= 11 is 0.971. The summed E-state index contributed by atoms with van der Waals surface area (Å²) in [4.78, 5) is 26.8. The van der Waals surface area contributed by atoms with Gasteiger partial charge in [0.05, 0.1) is 17.2 Å². The van der Waals surface area contributed by atoms with Gasteiger partial charge in [-0.3, -0.25) is 9.59 Å². The lowest BCUT2D eigenvalue weighted by atomic mass is 10.1. The van der Waals surface area contributed by atoms with Crippen LogP contribution in [0.5, 0.6) is 5.75 Å². The highest BCUT2D eigenvalue weighted by Crippen LogP contribution is 2.36. The molecule has 1 aliphatic rings. The average Bonchev–Trinajstić information content (AvgIpc) is 2.95. The Morgan fingerprint density at radius 1 is 1.00 bits per heavy atom. The Hall–Kier alpha value is -2.53. The molecule has 0 atom stereocenters. The van der Waals surface area contributed by atoms with Gasteiger partial charge in [-0.1, -0.05) is 37.6 Å². The Labute approximate surface area is 164 Å². The second kappa shape index (κ2) is 8.91. The predicted octanol–water partition coefficient (Wildman–Crippen LogP) is 5.67. The van der Waals surface area contributed by atoms with Gasteiger partial charge in [-0.15, -0.1) is 0 Å². The molecule has 2 amide bonds. The first-order valence-electron chi connectivity index (χ1n) is 9.22. The standard InChI is InChI=1S/C22H23NO3S/c1-3-5-6-16-7-11-18(12-8-16)23-21(24)20(27-22(23)25)15-17-9-13-19(14-10-17)26-4-2/h7-15H,3-6H2,1-2H3/b20-15-. The van der Waals surface area contributed by atoms with Crippen LogP contribution < -0.4 is 9.64 Å². The van der Waals surface area contributed by atoms with Crippen LogP contribution in [0.2, 0.25) is 0 Å². The first-order chi connectivity index (χ1) is 13.1. The van der Waals surface area contributed by atoms with Crippen molar-refractivity contribution >= 4 is 34.7 Å². The molecule has 2 aromatic carbocycles. The molecule has 0 aliphatic carbocycles. The van der Waals surface area contributed by atoms with Crippen molar-refractivity contribution in [2.24, 2.45) is 0 Å². The first-order valence-corrected chi connectivity index (χ1v) is 10.0. The fourth-order valence-corrected chi connectivity index (χ4v) is 3.70. The largest absolute Gasteiger partial charge is 0.494 e. The summed E-state index contributed by atoms with van der Waals surface area (Å²) in [7, 11) is 0. The van der Waals surface area contributed by atoms with Gasteiger partial charge in [0.25, 0.3) is 11.1 Å². The van der Waals surface area contributed by atoms with Crippen molar-refractivity contribution in [2.75, 3.05) is 11.5 Å². The van der Waals surface area contributed by atoms with Crippen molar-refractivity contribution in [3.63, 3.8) is 0 Å². The van der Waals surface area contributed by atoms with Crippen LogP contribution in [0, 0.1) is 0 Å². The smallest absolute Gasteiger partial charge is 0.298 e. The van der Waals surface area contributed by atoms with Gasteiger partial charge in [0.15, 0.2) is 0 Å². The molecule has 0 radical (unpaired) electrons. The number of carbonyl (C=O) groups is 2. The van der Waals surface area contributed by atoms with E-state index in [1.54, 1.807) is 6.08 Å². The van der Waals surface area contributed by atoms with E-state index >= 15 is 0 Å². The molecule has 2 aromatic rings. The molecule has 0 aromatic heterocycles. The highest BCUT2D eigenvalue weighted by Gasteiger charge is 2.36. The van der Waals surface area contributed by atoms with Gasteiger partial charge < -0.3 is 4.74 Å². The summed E-state index contributed by atoms with van der Waals surface area (Å²) in [5, 5.41) is -0.265. The number of nitrogens with zero attached hydrogens (tertiary/aromatic N) is 1. The monoisotopic (exact) mass is 381 g/mol. The van der Waals surface area contributed by atoms with Gasteiger partial charge in [0.1, 0.15) is 5.75 Å². The minimum absolute atomic E-state index is 0.265. The number of amides is 2. The molecule has 4 nitrogen and oxygen atoms in total. The number of hydrogen-bond acceptors (Lipinski definition) is 4. The lowest BCUT2D eigenvalue weighted by Gasteiger charge is -2.13. The summed E-state index contributed by atoms with van der Waals surface area (Å²) in [6.07, 6.45) is 5.03. The maximum atomic E-state index is 12.7. The maximum absolute atomic E-state index is 12.7. The summed E-state index contributed by atoms with van der Waals surface area (Å²) < 4.78 is 5.42. The first kappa shape index (κ1) is 19.2. The van der Waals surface area contributed by atoms with Crippen LogP contribution in [0.1, 0.15) is 37.8 Å². The number of imide groups is 1. The second-order valence-electron chi connectivity index (χ2n) is 6.29. The number of aryl methyl sites for hydroxylation is 1. The van der Waals surface area contributed by atoms with Crippen LogP contribution in [-0.2, 0) is 11.2 Å². The summed E-state index contributed by atoms with van der Waals surface area (Å²) in [5.41, 5.74) is 2.70. The van der Waals surface area contributed by atoms with Gasteiger partial charge in [0.2, 0.25) is 0 Å². The average molecular weight is 381 g/mol. The van der Waals surface area contributed by atoms with Crippen molar-refractivity contribution in [3.05, 3.63) is 64.6 Å². The SMILES string of the molecule is CCCCc1ccc(N2C(=O)S/C(=C\c3ccc(OCC)cc3)C2=O)cc1. The van der Waals surface area contributed by atoms with E-state index in [1.807, 2.05) is 55.5 Å². The second-order valence-corrected chi connectivity index (χ2v) is 7.28. The van der Waals surface area contributed by atoms with Crippen molar-refractivity contribution in [1.82, 2.24) is 0 Å². The summed E-state index contributed by atoms with van der Waals surface area (Å²) in [5.74, 6) is 0.506. The van der Waals surface area contributed by atoms with E-state index < -0.39 is 0 Å². The molecule has 0 saturated carbocycles. The topological polar surface area (TPSA) is 46.6 Å². The molecule has 5 heteroatoms. The summed E-state index contributed by atoms with van der Waals surface area (Å²) in [6, 6.07) is 15.1. The molecule has 0 unspecified atom stereocenters. The zero-order valence-electron chi connectivity index (χ0n) is 15.6. The van der Waals surface area contributed by atoms with Crippen LogP contribution in [0.4, 0.5) is 10.5 Å². The zero-order chi connectivity index (χ0) is 19.2. The van der Waals surface area contributed by atoms with Crippen LogP contribution >= 0.6 is 11.8 Å². The Morgan fingerprint density at radius 2 is 1.70 bits per heavy atom. The van der Waals surface area contributed by atoms with Crippen LogP contribution in [0.15, 0.2) is 53.4 Å². The molecule has 27 heavy (non-hydrogen) atoms. The third-order valence-corrected chi connectivity index (χ3v) is 5.17. The Bertz CT molecular complexity index is 841. The maximum Gasteiger partial charge on any atom is 0.298 e. The normalized spacial score (nSPS) is 15.6. The number of hydrogen-bond donors (Lipinski definition) is 0. The molecule has 3 rings (SSSR count). The van der Waals surface area contributed by atoms with Gasteiger partial charge in [-0.05, 0) is 73.0 Å². The fourth-order valence-electron chi connectivity index (χ4n) is 2.86. The van der Waals surface area contributed by atoms with E-state index in [1.165, 1.54) is 10.5 Å². The summed E-state index contributed by atoms with van der Waals surface area (Å²) in [6.45, 7) is 4.70. The number of ether oxygens (including phenoxy) is 1. The fraction of sp³-hybridized carbons (Fsp3) is 0.273. The predicted molar refractivity (Wildman–Crippen MR) is 111 cm³/mol.